The van der Waals surface area contributed by atoms with E-state index in [0.717, 1.165) is 11.0 Å². The van der Waals surface area contributed by atoms with Crippen molar-refractivity contribution in [2.75, 3.05) is 13.6 Å². The molecular weight excluding hydrogens is 232 g/mol. The van der Waals surface area contributed by atoms with Crippen LogP contribution in [0.25, 0.3) is 0 Å². The summed E-state index contributed by atoms with van der Waals surface area (Å²) in [6.45, 7) is 2.37. The molecule has 2 heterocycles. The van der Waals surface area contributed by atoms with Crippen LogP contribution in [0.15, 0.2) is 54.9 Å². The van der Waals surface area contributed by atoms with Gasteiger partial charge < -0.3 is 4.48 Å². The average molecular weight is 253 g/mol. The number of aromatic nitrogens is 1. The van der Waals surface area contributed by atoms with Crippen LogP contribution >= 0.6 is 0 Å². The SMILES string of the molecule is C[N@+]1(Cc2ccccc2)CCC[C@H]1c1cccnc1. The molecule has 19 heavy (non-hydrogen) atoms. The number of rotatable bonds is 3. The summed E-state index contributed by atoms with van der Waals surface area (Å²) < 4.78 is 1.11. The van der Waals surface area contributed by atoms with E-state index in [9.17, 15) is 0 Å². The van der Waals surface area contributed by atoms with Crippen LogP contribution in [0.1, 0.15) is 30.0 Å². The van der Waals surface area contributed by atoms with Gasteiger partial charge >= 0.3 is 0 Å². The zero-order chi connectivity index (χ0) is 13.1. The minimum Gasteiger partial charge on any atom is -0.316 e. The summed E-state index contributed by atoms with van der Waals surface area (Å²) in [6, 6.07) is 15.7. The fourth-order valence-electron chi connectivity index (χ4n) is 3.40. The fourth-order valence-corrected chi connectivity index (χ4v) is 3.40. The molecular formula is C17H21N2+. The Morgan fingerprint density at radius 3 is 2.74 bits per heavy atom. The van der Waals surface area contributed by atoms with E-state index < -0.39 is 0 Å². The minimum absolute atomic E-state index is 0.592. The van der Waals surface area contributed by atoms with E-state index in [1.165, 1.54) is 30.5 Å². The second kappa shape index (κ2) is 5.14. The van der Waals surface area contributed by atoms with Crippen molar-refractivity contribution in [1.82, 2.24) is 4.98 Å². The van der Waals surface area contributed by atoms with E-state index >= 15 is 0 Å². The Labute approximate surface area is 115 Å². The topological polar surface area (TPSA) is 12.9 Å². The van der Waals surface area contributed by atoms with E-state index in [0.29, 0.717) is 6.04 Å². The molecule has 1 aromatic heterocycles. The molecule has 1 aliphatic heterocycles. The second-order valence-corrected chi connectivity index (χ2v) is 5.79. The maximum absolute atomic E-state index is 4.29. The summed E-state index contributed by atoms with van der Waals surface area (Å²) in [5.41, 5.74) is 2.82. The van der Waals surface area contributed by atoms with Crippen molar-refractivity contribution >= 4 is 0 Å². The normalized spacial score (nSPS) is 26.5. The molecule has 0 amide bonds. The Kier molecular flexibility index (Phi) is 3.34. The van der Waals surface area contributed by atoms with E-state index in [2.05, 4.69) is 54.5 Å². The molecule has 3 rings (SSSR count). The van der Waals surface area contributed by atoms with E-state index in [1.807, 2.05) is 12.4 Å². The first-order chi connectivity index (χ1) is 9.28. The van der Waals surface area contributed by atoms with Crippen LogP contribution < -0.4 is 0 Å². The Balaban J connectivity index is 1.86. The molecule has 0 spiro atoms. The summed E-state index contributed by atoms with van der Waals surface area (Å²) in [5, 5.41) is 0. The van der Waals surface area contributed by atoms with Crippen LogP contribution in [0.3, 0.4) is 0 Å². The highest BCUT2D eigenvalue weighted by Crippen LogP contribution is 2.38. The number of quaternary nitrogens is 1. The number of hydrogen-bond acceptors (Lipinski definition) is 1. The zero-order valence-electron chi connectivity index (χ0n) is 11.5. The molecule has 0 saturated carbocycles. The predicted molar refractivity (Wildman–Crippen MR) is 77.4 cm³/mol. The average Bonchev–Trinajstić information content (AvgIpc) is 2.82. The van der Waals surface area contributed by atoms with Crippen LogP contribution in [-0.4, -0.2) is 23.1 Å². The smallest absolute Gasteiger partial charge is 0.116 e. The van der Waals surface area contributed by atoms with Crippen molar-refractivity contribution in [1.29, 1.82) is 0 Å². The van der Waals surface area contributed by atoms with Crippen molar-refractivity contribution in [2.45, 2.75) is 25.4 Å². The molecule has 1 aliphatic rings. The van der Waals surface area contributed by atoms with E-state index in [1.54, 1.807) is 0 Å². The summed E-state index contributed by atoms with van der Waals surface area (Å²) >= 11 is 0. The monoisotopic (exact) mass is 253 g/mol. The van der Waals surface area contributed by atoms with Crippen LogP contribution in [0, 0.1) is 0 Å². The predicted octanol–water partition coefficient (Wildman–Crippen LogP) is 3.56. The van der Waals surface area contributed by atoms with Crippen LogP contribution in [0.5, 0.6) is 0 Å². The molecule has 98 valence electrons. The lowest BCUT2D eigenvalue weighted by Crippen LogP contribution is -2.42. The van der Waals surface area contributed by atoms with Crippen molar-refractivity contribution < 1.29 is 4.48 Å². The van der Waals surface area contributed by atoms with Gasteiger partial charge in [0.05, 0.1) is 13.6 Å². The molecule has 0 aliphatic carbocycles. The third-order valence-electron chi connectivity index (χ3n) is 4.35. The summed E-state index contributed by atoms with van der Waals surface area (Å²) in [7, 11) is 2.39. The minimum atomic E-state index is 0.592. The van der Waals surface area contributed by atoms with Gasteiger partial charge in [0.15, 0.2) is 0 Å². The summed E-state index contributed by atoms with van der Waals surface area (Å²) in [5.74, 6) is 0. The van der Waals surface area contributed by atoms with Crippen LogP contribution in [0.2, 0.25) is 0 Å². The van der Waals surface area contributed by atoms with E-state index in [-0.39, 0.29) is 0 Å². The third kappa shape index (κ3) is 2.54. The van der Waals surface area contributed by atoms with Gasteiger partial charge in [0, 0.05) is 36.4 Å². The lowest BCUT2D eigenvalue weighted by atomic mass is 10.0. The molecule has 0 unspecified atom stereocenters. The Morgan fingerprint density at radius 1 is 1.16 bits per heavy atom. The van der Waals surface area contributed by atoms with Crippen molar-refractivity contribution in [3.63, 3.8) is 0 Å². The number of nitrogens with zero attached hydrogens (tertiary/aromatic N) is 2. The highest BCUT2D eigenvalue weighted by Gasteiger charge is 2.39. The van der Waals surface area contributed by atoms with Gasteiger partial charge in [-0.05, 0) is 6.07 Å². The molecule has 0 radical (unpaired) electrons. The molecule has 1 saturated heterocycles. The molecule has 1 fully saturated rings. The van der Waals surface area contributed by atoms with E-state index in [4.69, 9.17) is 0 Å². The Hall–Kier alpha value is -1.67. The number of likely N-dealkylation sites (tertiary alicyclic amines) is 1. The molecule has 2 heteroatoms. The molecule has 0 bridgehead atoms. The largest absolute Gasteiger partial charge is 0.316 e. The second-order valence-electron chi connectivity index (χ2n) is 5.79. The van der Waals surface area contributed by atoms with Crippen LogP contribution in [0.4, 0.5) is 0 Å². The van der Waals surface area contributed by atoms with Crippen molar-refractivity contribution in [3.8, 4) is 0 Å². The van der Waals surface area contributed by atoms with Gasteiger partial charge in [-0.2, -0.15) is 0 Å². The molecule has 1 aromatic carbocycles. The van der Waals surface area contributed by atoms with Gasteiger partial charge in [0.1, 0.15) is 12.6 Å². The lowest BCUT2D eigenvalue weighted by molar-refractivity contribution is -0.939. The standard InChI is InChI=1S/C17H21N2/c1-19(14-15-7-3-2-4-8-15)12-6-10-17(19)16-9-5-11-18-13-16/h2-5,7-9,11,13,17H,6,10,12,14H2,1H3/q+1/t17-,19+/m0/s1. The first kappa shape index (κ1) is 12.4. The number of benzene rings is 1. The zero-order valence-corrected chi connectivity index (χ0v) is 11.5. The molecule has 2 aromatic rings. The third-order valence-corrected chi connectivity index (χ3v) is 4.35. The van der Waals surface area contributed by atoms with Crippen molar-refractivity contribution in [3.05, 3.63) is 66.0 Å². The number of hydrogen-bond donors (Lipinski definition) is 0. The van der Waals surface area contributed by atoms with Gasteiger partial charge in [0.2, 0.25) is 0 Å². The number of pyridine rings is 1. The summed E-state index contributed by atoms with van der Waals surface area (Å²) in [4.78, 5) is 4.29. The quantitative estimate of drug-likeness (QED) is 0.762. The maximum atomic E-state index is 4.29. The van der Waals surface area contributed by atoms with Gasteiger partial charge in [-0.15, -0.1) is 0 Å². The Morgan fingerprint density at radius 2 is 2.00 bits per heavy atom. The highest BCUT2D eigenvalue weighted by molar-refractivity contribution is 5.15. The fraction of sp³-hybridized carbons (Fsp3) is 0.353. The first-order valence-corrected chi connectivity index (χ1v) is 7.06. The summed E-state index contributed by atoms with van der Waals surface area (Å²) in [6.07, 6.45) is 6.48. The van der Waals surface area contributed by atoms with Gasteiger partial charge in [-0.25, -0.2) is 0 Å². The van der Waals surface area contributed by atoms with Gasteiger partial charge in [-0.3, -0.25) is 4.98 Å². The van der Waals surface area contributed by atoms with Crippen LogP contribution in [-0.2, 0) is 6.54 Å². The molecule has 2 atom stereocenters. The Bertz CT molecular complexity index is 523. The first-order valence-electron chi connectivity index (χ1n) is 7.06. The molecule has 2 nitrogen and oxygen atoms in total. The van der Waals surface area contributed by atoms with Gasteiger partial charge in [0.25, 0.3) is 0 Å². The van der Waals surface area contributed by atoms with Gasteiger partial charge in [-0.1, -0.05) is 36.4 Å². The van der Waals surface area contributed by atoms with Crippen molar-refractivity contribution in [2.24, 2.45) is 0 Å². The maximum Gasteiger partial charge on any atom is 0.116 e. The molecule has 0 N–H and O–H groups in total. The lowest BCUT2D eigenvalue weighted by Gasteiger charge is -2.36. The highest BCUT2D eigenvalue weighted by atomic mass is 15.4.